The highest BCUT2D eigenvalue weighted by atomic mass is 35.5. The molecule has 2 aromatic carbocycles. The Hall–Kier alpha value is -1.27. The number of rotatable bonds is 5. The molecule has 0 aliphatic heterocycles. The van der Waals surface area contributed by atoms with Crippen molar-refractivity contribution in [2.75, 3.05) is 11.8 Å². The second-order valence-electron chi connectivity index (χ2n) is 4.41. The molecule has 0 saturated heterocycles. The Morgan fingerprint density at radius 3 is 2.57 bits per heavy atom. The predicted octanol–water partition coefficient (Wildman–Crippen LogP) is 3.51. The highest BCUT2D eigenvalue weighted by Gasteiger charge is 2.16. The first-order valence-corrected chi connectivity index (χ1v) is 8.38. The Balaban J connectivity index is 2.34. The molecule has 0 amide bonds. The lowest BCUT2D eigenvalue weighted by Gasteiger charge is -2.11. The van der Waals surface area contributed by atoms with Crippen molar-refractivity contribution in [2.24, 2.45) is 0 Å². The summed E-state index contributed by atoms with van der Waals surface area (Å²) in [4.78, 5) is 0.172. The van der Waals surface area contributed by atoms with Crippen LogP contribution in [0.3, 0.4) is 0 Å². The molecule has 0 heterocycles. The van der Waals surface area contributed by atoms with Crippen molar-refractivity contribution >= 4 is 38.9 Å². The summed E-state index contributed by atoms with van der Waals surface area (Å²) < 4.78 is 27.2. The fourth-order valence-electron chi connectivity index (χ4n) is 1.81. The molecule has 0 atom stereocenters. The van der Waals surface area contributed by atoms with Gasteiger partial charge in [0.2, 0.25) is 0 Å². The van der Waals surface area contributed by atoms with Gasteiger partial charge in [-0.25, -0.2) is 8.42 Å². The van der Waals surface area contributed by atoms with Gasteiger partial charge in [0.25, 0.3) is 10.0 Å². The van der Waals surface area contributed by atoms with Gasteiger partial charge in [-0.2, -0.15) is 0 Å². The van der Waals surface area contributed by atoms with Crippen LogP contribution in [0, 0.1) is 0 Å². The number of hydrogen-bond acceptors (Lipinski definition) is 3. The van der Waals surface area contributed by atoms with E-state index in [1.54, 1.807) is 31.3 Å². The van der Waals surface area contributed by atoms with Crippen LogP contribution in [0.4, 0.5) is 5.69 Å². The number of anilines is 1. The molecule has 2 rings (SSSR count). The SMILES string of the molecule is CNCc1cccc(S(=O)(=O)Nc2cc(Cl)ccc2Cl)c1. The lowest BCUT2D eigenvalue weighted by molar-refractivity contribution is 0.601. The average Bonchev–Trinajstić information content (AvgIpc) is 2.43. The standard InChI is InChI=1S/C14H14Cl2N2O2S/c1-17-9-10-3-2-4-12(7-10)21(19,20)18-14-8-11(15)5-6-13(14)16/h2-8,17-18H,9H2,1H3. The van der Waals surface area contributed by atoms with E-state index in [0.717, 1.165) is 5.56 Å². The van der Waals surface area contributed by atoms with Crippen molar-refractivity contribution in [2.45, 2.75) is 11.4 Å². The van der Waals surface area contributed by atoms with Crippen LogP contribution in [0.2, 0.25) is 10.0 Å². The summed E-state index contributed by atoms with van der Waals surface area (Å²) in [6.07, 6.45) is 0. The Kier molecular flexibility index (Phi) is 5.11. The lowest BCUT2D eigenvalue weighted by atomic mass is 10.2. The van der Waals surface area contributed by atoms with Gasteiger partial charge in [-0.1, -0.05) is 35.3 Å². The lowest BCUT2D eigenvalue weighted by Crippen LogP contribution is -2.14. The van der Waals surface area contributed by atoms with Gasteiger partial charge in [0.1, 0.15) is 0 Å². The van der Waals surface area contributed by atoms with E-state index < -0.39 is 10.0 Å². The zero-order valence-corrected chi connectivity index (χ0v) is 13.6. The Morgan fingerprint density at radius 2 is 1.86 bits per heavy atom. The molecule has 0 radical (unpaired) electrons. The maximum Gasteiger partial charge on any atom is 0.261 e. The second-order valence-corrected chi connectivity index (χ2v) is 6.93. The predicted molar refractivity (Wildman–Crippen MR) is 86.5 cm³/mol. The van der Waals surface area contributed by atoms with Crippen LogP contribution >= 0.6 is 23.2 Å². The van der Waals surface area contributed by atoms with Crippen molar-refractivity contribution in [1.29, 1.82) is 0 Å². The first-order valence-electron chi connectivity index (χ1n) is 6.14. The quantitative estimate of drug-likeness (QED) is 0.872. The maximum atomic E-state index is 12.4. The molecular formula is C14H14Cl2N2O2S. The van der Waals surface area contributed by atoms with Gasteiger partial charge in [-0.3, -0.25) is 4.72 Å². The highest BCUT2D eigenvalue weighted by Crippen LogP contribution is 2.27. The maximum absolute atomic E-state index is 12.4. The topological polar surface area (TPSA) is 58.2 Å². The normalized spacial score (nSPS) is 11.4. The third-order valence-electron chi connectivity index (χ3n) is 2.76. The van der Waals surface area contributed by atoms with E-state index in [2.05, 4.69) is 10.0 Å². The molecule has 0 aliphatic carbocycles. The van der Waals surface area contributed by atoms with Gasteiger partial charge in [-0.15, -0.1) is 0 Å². The zero-order chi connectivity index (χ0) is 15.5. The first-order chi connectivity index (χ1) is 9.92. The minimum absolute atomic E-state index is 0.172. The molecule has 21 heavy (non-hydrogen) atoms. The molecular weight excluding hydrogens is 331 g/mol. The molecule has 2 N–H and O–H groups in total. The van der Waals surface area contributed by atoms with Crippen LogP contribution in [-0.2, 0) is 16.6 Å². The summed E-state index contributed by atoms with van der Waals surface area (Å²) in [6.45, 7) is 0.585. The molecule has 0 saturated carbocycles. The van der Waals surface area contributed by atoms with E-state index >= 15 is 0 Å². The summed E-state index contributed by atoms with van der Waals surface area (Å²) in [5.41, 5.74) is 1.13. The number of hydrogen-bond donors (Lipinski definition) is 2. The van der Waals surface area contributed by atoms with Gasteiger partial charge < -0.3 is 5.32 Å². The van der Waals surface area contributed by atoms with Crippen LogP contribution in [0.1, 0.15) is 5.56 Å². The number of nitrogens with one attached hydrogen (secondary N) is 2. The minimum atomic E-state index is -3.71. The number of benzene rings is 2. The van der Waals surface area contributed by atoms with E-state index in [0.29, 0.717) is 11.6 Å². The molecule has 0 aromatic heterocycles. The largest absolute Gasteiger partial charge is 0.316 e. The van der Waals surface area contributed by atoms with Crippen molar-refractivity contribution in [3.8, 4) is 0 Å². The molecule has 0 bridgehead atoms. The summed E-state index contributed by atoms with van der Waals surface area (Å²) in [5.74, 6) is 0. The van der Waals surface area contributed by atoms with E-state index in [1.165, 1.54) is 12.1 Å². The Morgan fingerprint density at radius 1 is 1.10 bits per heavy atom. The van der Waals surface area contributed by atoms with Gasteiger partial charge in [0.15, 0.2) is 0 Å². The van der Waals surface area contributed by atoms with Crippen molar-refractivity contribution in [3.05, 3.63) is 58.1 Å². The van der Waals surface area contributed by atoms with Gasteiger partial charge in [-0.05, 0) is 42.9 Å². The smallest absolute Gasteiger partial charge is 0.261 e. The van der Waals surface area contributed by atoms with Crippen molar-refractivity contribution in [1.82, 2.24) is 5.32 Å². The van der Waals surface area contributed by atoms with Crippen molar-refractivity contribution in [3.63, 3.8) is 0 Å². The molecule has 2 aromatic rings. The molecule has 0 unspecified atom stereocenters. The van der Waals surface area contributed by atoms with E-state index in [1.807, 2.05) is 6.07 Å². The van der Waals surface area contributed by atoms with Crippen LogP contribution in [0.15, 0.2) is 47.4 Å². The molecule has 112 valence electrons. The van der Waals surface area contributed by atoms with Gasteiger partial charge in [0.05, 0.1) is 15.6 Å². The molecule has 0 fully saturated rings. The third kappa shape index (κ3) is 4.11. The van der Waals surface area contributed by atoms with Crippen LogP contribution in [-0.4, -0.2) is 15.5 Å². The average molecular weight is 345 g/mol. The highest BCUT2D eigenvalue weighted by molar-refractivity contribution is 7.92. The summed E-state index contributed by atoms with van der Waals surface area (Å²) >= 11 is 11.8. The minimum Gasteiger partial charge on any atom is -0.316 e. The fraction of sp³-hybridized carbons (Fsp3) is 0.143. The summed E-state index contributed by atoms with van der Waals surface area (Å²) in [7, 11) is -1.92. The fourth-order valence-corrected chi connectivity index (χ4v) is 3.34. The zero-order valence-electron chi connectivity index (χ0n) is 11.2. The first kappa shape index (κ1) is 16.1. The van der Waals surface area contributed by atoms with Gasteiger partial charge >= 0.3 is 0 Å². The summed E-state index contributed by atoms with van der Waals surface area (Å²) in [6, 6.07) is 11.3. The third-order valence-corrected chi connectivity index (χ3v) is 4.69. The van der Waals surface area contributed by atoms with E-state index in [9.17, 15) is 8.42 Å². The van der Waals surface area contributed by atoms with Crippen LogP contribution in [0.5, 0.6) is 0 Å². The van der Waals surface area contributed by atoms with E-state index in [4.69, 9.17) is 23.2 Å². The number of halogens is 2. The molecule has 7 heteroatoms. The van der Waals surface area contributed by atoms with Crippen LogP contribution in [0.25, 0.3) is 0 Å². The second kappa shape index (κ2) is 6.66. The molecule has 0 aliphatic rings. The van der Waals surface area contributed by atoms with E-state index in [-0.39, 0.29) is 15.6 Å². The molecule has 4 nitrogen and oxygen atoms in total. The van der Waals surface area contributed by atoms with Gasteiger partial charge in [0, 0.05) is 11.6 Å². The van der Waals surface area contributed by atoms with Crippen LogP contribution < -0.4 is 10.0 Å². The summed E-state index contributed by atoms with van der Waals surface area (Å²) in [5, 5.41) is 3.67. The van der Waals surface area contributed by atoms with Crippen molar-refractivity contribution < 1.29 is 8.42 Å². The molecule has 0 spiro atoms. The monoisotopic (exact) mass is 344 g/mol. The Labute approximate surface area is 134 Å². The Bertz CT molecular complexity index is 748. The number of sulfonamides is 1.